The van der Waals surface area contributed by atoms with Crippen LogP contribution in [0.5, 0.6) is 0 Å². The van der Waals surface area contributed by atoms with E-state index >= 15 is 0 Å². The number of carbonyl (C=O) groups is 1. The number of piperazine rings is 1. The maximum absolute atomic E-state index is 13.0. The molecule has 0 unspecified atom stereocenters. The second-order valence-corrected chi connectivity index (χ2v) is 9.80. The Morgan fingerprint density at radius 2 is 1.57 bits per heavy atom. The van der Waals surface area contributed by atoms with Crippen LogP contribution in [0.4, 0.5) is 29.5 Å². The van der Waals surface area contributed by atoms with Crippen molar-refractivity contribution in [2.75, 3.05) is 36.4 Å². The minimum absolute atomic E-state index is 0.142. The number of aromatic nitrogens is 2. The second kappa shape index (κ2) is 10.4. The molecule has 4 rings (SSSR count). The van der Waals surface area contributed by atoms with Crippen molar-refractivity contribution in [2.45, 2.75) is 46.7 Å². The molecule has 2 heterocycles. The Morgan fingerprint density at radius 3 is 2.14 bits per heavy atom. The van der Waals surface area contributed by atoms with Crippen molar-refractivity contribution in [3.05, 3.63) is 70.4 Å². The van der Waals surface area contributed by atoms with Gasteiger partial charge in [0, 0.05) is 48.7 Å². The fourth-order valence-corrected chi connectivity index (χ4v) is 4.56. The van der Waals surface area contributed by atoms with E-state index in [9.17, 15) is 18.0 Å². The third-order valence-corrected chi connectivity index (χ3v) is 6.79. The molecule has 0 saturated carbocycles. The van der Waals surface area contributed by atoms with Crippen LogP contribution < -0.4 is 10.2 Å². The number of anilines is 2. The quantitative estimate of drug-likeness (QED) is 0.431. The van der Waals surface area contributed by atoms with Gasteiger partial charge in [-0.25, -0.2) is 14.8 Å². The number of carbonyl (C=O) groups excluding carboxylic acids is 1. The molecule has 1 saturated heterocycles. The molecule has 0 radical (unpaired) electrons. The zero-order valence-corrected chi connectivity index (χ0v) is 21.8. The first-order valence-corrected chi connectivity index (χ1v) is 12.4. The Labute approximate surface area is 215 Å². The van der Waals surface area contributed by atoms with Gasteiger partial charge in [0.1, 0.15) is 5.82 Å². The number of hydrogen-bond acceptors (Lipinski definition) is 4. The van der Waals surface area contributed by atoms with Crippen molar-refractivity contribution in [2.24, 2.45) is 0 Å². The summed E-state index contributed by atoms with van der Waals surface area (Å²) in [6.07, 6.45) is -4.40. The molecular weight excluding hydrogens is 479 g/mol. The molecule has 0 bridgehead atoms. The number of hydrogen-bond donors (Lipinski definition) is 1. The van der Waals surface area contributed by atoms with Gasteiger partial charge in [0.05, 0.1) is 5.56 Å². The predicted molar refractivity (Wildman–Crippen MR) is 140 cm³/mol. The van der Waals surface area contributed by atoms with E-state index in [0.717, 1.165) is 40.5 Å². The van der Waals surface area contributed by atoms with Crippen LogP contribution in [-0.2, 0) is 6.18 Å². The molecule has 1 fully saturated rings. The van der Waals surface area contributed by atoms with Crippen molar-refractivity contribution >= 4 is 17.5 Å². The monoisotopic (exact) mass is 511 g/mol. The van der Waals surface area contributed by atoms with Gasteiger partial charge in [0.25, 0.3) is 0 Å². The highest BCUT2D eigenvalue weighted by molar-refractivity contribution is 5.89. The molecule has 0 aliphatic carbocycles. The molecule has 1 aliphatic rings. The summed E-state index contributed by atoms with van der Waals surface area (Å²) in [5.41, 5.74) is 4.68. The van der Waals surface area contributed by atoms with Gasteiger partial charge in [-0.15, -0.1) is 0 Å². The van der Waals surface area contributed by atoms with Crippen molar-refractivity contribution in [1.29, 1.82) is 0 Å². The maximum atomic E-state index is 13.0. The van der Waals surface area contributed by atoms with Crippen LogP contribution in [0.1, 0.15) is 47.7 Å². The van der Waals surface area contributed by atoms with Crippen molar-refractivity contribution in [3.8, 4) is 11.4 Å². The maximum Gasteiger partial charge on any atom is 0.416 e. The van der Waals surface area contributed by atoms with E-state index in [1.165, 1.54) is 17.7 Å². The molecule has 9 heteroatoms. The fraction of sp³-hybridized carbons (Fsp3) is 0.393. The molecule has 2 amide bonds. The van der Waals surface area contributed by atoms with Crippen LogP contribution in [0.25, 0.3) is 11.4 Å². The highest BCUT2D eigenvalue weighted by atomic mass is 19.4. The molecule has 37 heavy (non-hydrogen) atoms. The molecule has 196 valence electrons. The first-order chi connectivity index (χ1) is 17.4. The van der Waals surface area contributed by atoms with Crippen molar-refractivity contribution < 1.29 is 18.0 Å². The number of urea groups is 1. The topological polar surface area (TPSA) is 61.4 Å². The second-order valence-electron chi connectivity index (χ2n) is 9.80. The molecule has 0 atom stereocenters. The van der Waals surface area contributed by atoms with Gasteiger partial charge in [-0.1, -0.05) is 32.0 Å². The highest BCUT2D eigenvalue weighted by Crippen LogP contribution is 2.33. The van der Waals surface area contributed by atoms with E-state index in [4.69, 9.17) is 4.98 Å². The minimum atomic E-state index is -4.40. The van der Waals surface area contributed by atoms with Crippen LogP contribution in [0.15, 0.2) is 42.5 Å². The third-order valence-electron chi connectivity index (χ3n) is 6.79. The lowest BCUT2D eigenvalue weighted by Gasteiger charge is -2.37. The number of nitrogens with one attached hydrogen (secondary N) is 1. The van der Waals surface area contributed by atoms with Crippen LogP contribution in [0, 0.1) is 20.8 Å². The van der Waals surface area contributed by atoms with Crippen LogP contribution >= 0.6 is 0 Å². The number of halogens is 3. The van der Waals surface area contributed by atoms with E-state index in [1.807, 2.05) is 39.0 Å². The van der Waals surface area contributed by atoms with Crippen molar-refractivity contribution in [3.63, 3.8) is 0 Å². The summed E-state index contributed by atoms with van der Waals surface area (Å²) in [7, 11) is 0. The normalized spacial score (nSPS) is 14.3. The molecule has 2 aromatic carbocycles. The van der Waals surface area contributed by atoms with E-state index in [0.29, 0.717) is 37.6 Å². The lowest BCUT2D eigenvalue weighted by molar-refractivity contribution is -0.137. The van der Waals surface area contributed by atoms with E-state index < -0.39 is 11.7 Å². The number of amides is 2. The Morgan fingerprint density at radius 1 is 0.919 bits per heavy atom. The van der Waals surface area contributed by atoms with Gasteiger partial charge in [-0.2, -0.15) is 13.2 Å². The molecule has 6 nitrogen and oxygen atoms in total. The number of nitrogens with zero attached hydrogens (tertiary/aromatic N) is 4. The highest BCUT2D eigenvalue weighted by Gasteiger charge is 2.30. The SMILES string of the molecule is Cc1ccc(NC(=O)N2CCN(c3nc(-c4ccc(C(F)(F)F)cc4)nc(C)c3C(C)C)CC2)cc1C. The number of rotatable bonds is 4. The fourth-order valence-electron chi connectivity index (χ4n) is 4.56. The van der Waals surface area contributed by atoms with E-state index in [-0.39, 0.29) is 11.9 Å². The smallest absolute Gasteiger partial charge is 0.353 e. The number of benzene rings is 2. The van der Waals surface area contributed by atoms with Gasteiger partial charge in [0.2, 0.25) is 0 Å². The molecule has 0 spiro atoms. The lowest BCUT2D eigenvalue weighted by Crippen LogP contribution is -2.50. The van der Waals surface area contributed by atoms with Gasteiger partial charge >= 0.3 is 12.2 Å². The summed E-state index contributed by atoms with van der Waals surface area (Å²) in [6.45, 7) is 12.3. The summed E-state index contributed by atoms with van der Waals surface area (Å²) < 4.78 is 39.0. The Hall–Kier alpha value is -3.62. The number of alkyl halides is 3. The summed E-state index contributed by atoms with van der Waals surface area (Å²) in [5.74, 6) is 1.31. The molecule has 3 aromatic rings. The minimum Gasteiger partial charge on any atom is -0.353 e. The number of aryl methyl sites for hydroxylation is 3. The van der Waals surface area contributed by atoms with Gasteiger partial charge in [0.15, 0.2) is 5.82 Å². The van der Waals surface area contributed by atoms with Crippen LogP contribution in [-0.4, -0.2) is 47.1 Å². The summed E-state index contributed by atoms with van der Waals surface area (Å²) in [5, 5.41) is 2.98. The summed E-state index contributed by atoms with van der Waals surface area (Å²) in [4.78, 5) is 26.2. The van der Waals surface area contributed by atoms with Gasteiger partial charge in [-0.05, 0) is 62.1 Å². The summed E-state index contributed by atoms with van der Waals surface area (Å²) in [6, 6.07) is 10.6. The van der Waals surface area contributed by atoms with Crippen LogP contribution in [0.2, 0.25) is 0 Å². The standard InChI is InChI=1S/C28H32F3N5O/c1-17(2)24-20(5)32-25(21-7-9-22(10-8-21)28(29,30)31)34-26(24)35-12-14-36(15-13-35)27(37)33-23-11-6-18(3)19(4)16-23/h6-11,16-17H,12-15H2,1-5H3,(H,33,37). The molecule has 1 N–H and O–H groups in total. The van der Waals surface area contributed by atoms with Crippen LogP contribution in [0.3, 0.4) is 0 Å². The predicted octanol–water partition coefficient (Wildman–Crippen LogP) is 6.57. The first-order valence-electron chi connectivity index (χ1n) is 12.4. The Balaban J connectivity index is 1.53. The Bertz CT molecular complexity index is 1280. The largest absolute Gasteiger partial charge is 0.416 e. The molecular formula is C28H32F3N5O. The first kappa shape index (κ1) is 26.4. The zero-order chi connectivity index (χ0) is 26.9. The van der Waals surface area contributed by atoms with Gasteiger partial charge < -0.3 is 15.1 Å². The zero-order valence-electron chi connectivity index (χ0n) is 21.8. The van der Waals surface area contributed by atoms with Crippen molar-refractivity contribution in [1.82, 2.24) is 14.9 Å². The Kier molecular flexibility index (Phi) is 7.43. The molecule has 1 aromatic heterocycles. The average Bonchev–Trinajstić information content (AvgIpc) is 2.85. The lowest BCUT2D eigenvalue weighted by atomic mass is 10.0. The molecule has 1 aliphatic heterocycles. The summed E-state index contributed by atoms with van der Waals surface area (Å²) >= 11 is 0. The van der Waals surface area contributed by atoms with E-state index in [2.05, 4.69) is 29.0 Å². The third kappa shape index (κ3) is 5.87. The average molecular weight is 512 g/mol. The van der Waals surface area contributed by atoms with Gasteiger partial charge in [-0.3, -0.25) is 0 Å². The van der Waals surface area contributed by atoms with E-state index in [1.54, 1.807) is 4.90 Å².